The zero-order chi connectivity index (χ0) is 12.5. The topological polar surface area (TPSA) is 52.1 Å². The van der Waals surface area contributed by atoms with Crippen LogP contribution in [0.25, 0.3) is 0 Å². The summed E-state index contributed by atoms with van der Waals surface area (Å²) in [7, 11) is 0. The summed E-state index contributed by atoms with van der Waals surface area (Å²) in [5.74, 6) is 0.707. The molecule has 3 rings (SSSR count). The maximum absolute atomic E-state index is 12.5. The quantitative estimate of drug-likeness (QED) is 0.794. The van der Waals surface area contributed by atoms with Crippen molar-refractivity contribution in [1.82, 2.24) is 9.59 Å². The van der Waals surface area contributed by atoms with Crippen LogP contribution in [0.4, 0.5) is 0 Å². The number of rotatable bonds is 3. The lowest BCUT2D eigenvalue weighted by atomic mass is 10.0. The lowest BCUT2D eigenvalue weighted by Gasteiger charge is -2.05. The molecule has 1 aromatic heterocycles. The second-order valence-electron chi connectivity index (χ2n) is 4.12. The van der Waals surface area contributed by atoms with E-state index in [1.807, 2.05) is 25.1 Å². The van der Waals surface area contributed by atoms with E-state index in [1.54, 1.807) is 0 Å². The number of nitrogens with zero attached hydrogens (tertiary/aromatic N) is 2. The van der Waals surface area contributed by atoms with Gasteiger partial charge in [-0.1, -0.05) is 23.5 Å². The van der Waals surface area contributed by atoms with E-state index < -0.39 is 0 Å². The molecule has 0 spiro atoms. The van der Waals surface area contributed by atoms with Crippen molar-refractivity contribution < 1.29 is 9.53 Å². The van der Waals surface area contributed by atoms with E-state index >= 15 is 0 Å². The molecule has 0 bridgehead atoms. The summed E-state index contributed by atoms with van der Waals surface area (Å²) in [6, 6.07) is 5.72. The van der Waals surface area contributed by atoms with E-state index in [0.29, 0.717) is 23.5 Å². The Kier molecular flexibility index (Phi) is 2.83. The number of aromatic nitrogens is 2. The zero-order valence-corrected chi connectivity index (χ0v) is 10.8. The van der Waals surface area contributed by atoms with Gasteiger partial charge in [0.25, 0.3) is 0 Å². The van der Waals surface area contributed by atoms with Gasteiger partial charge in [-0.15, -0.1) is 5.10 Å². The third-order valence-corrected chi connectivity index (χ3v) is 3.82. The number of fused-ring (bicyclic) bond motifs is 1. The highest BCUT2D eigenvalue weighted by Crippen LogP contribution is 2.32. The van der Waals surface area contributed by atoms with Crippen molar-refractivity contribution in [3.05, 3.63) is 39.9 Å². The maximum Gasteiger partial charge on any atom is 0.210 e. The minimum Gasteiger partial charge on any atom is -0.492 e. The summed E-state index contributed by atoms with van der Waals surface area (Å²) in [6.07, 6.45) is 1.59. The summed E-state index contributed by atoms with van der Waals surface area (Å²) >= 11 is 1.16. The van der Waals surface area contributed by atoms with Crippen LogP contribution in [-0.4, -0.2) is 22.0 Å². The maximum atomic E-state index is 12.5. The number of aryl methyl sites for hydroxylation is 1. The third-order valence-electron chi connectivity index (χ3n) is 3.06. The minimum atomic E-state index is -0.0272. The molecule has 18 heavy (non-hydrogen) atoms. The number of hydrogen-bond acceptors (Lipinski definition) is 5. The van der Waals surface area contributed by atoms with Crippen molar-refractivity contribution in [3.8, 4) is 5.75 Å². The third kappa shape index (κ3) is 1.71. The van der Waals surface area contributed by atoms with Crippen LogP contribution in [0.3, 0.4) is 0 Å². The van der Waals surface area contributed by atoms with Crippen LogP contribution >= 0.6 is 11.5 Å². The highest BCUT2D eigenvalue weighted by atomic mass is 32.1. The molecule has 0 fully saturated rings. The Bertz CT molecular complexity index is 607. The van der Waals surface area contributed by atoms with Gasteiger partial charge in [0.1, 0.15) is 10.6 Å². The molecule has 0 atom stereocenters. The smallest absolute Gasteiger partial charge is 0.210 e. The molecule has 0 saturated carbocycles. The van der Waals surface area contributed by atoms with Gasteiger partial charge in [0, 0.05) is 6.42 Å². The van der Waals surface area contributed by atoms with E-state index in [0.717, 1.165) is 35.0 Å². The van der Waals surface area contributed by atoms with Crippen LogP contribution in [0.2, 0.25) is 0 Å². The Labute approximate surface area is 109 Å². The molecular formula is C13H12N2O2S. The van der Waals surface area contributed by atoms with Gasteiger partial charge in [-0.2, -0.15) is 0 Å². The Morgan fingerprint density at radius 3 is 3.22 bits per heavy atom. The monoisotopic (exact) mass is 260 g/mol. The number of ketones is 1. The van der Waals surface area contributed by atoms with Gasteiger partial charge in [-0.25, -0.2) is 0 Å². The number of ether oxygens (including phenoxy) is 1. The van der Waals surface area contributed by atoms with Crippen molar-refractivity contribution in [2.75, 3.05) is 6.61 Å². The van der Waals surface area contributed by atoms with E-state index in [4.69, 9.17) is 4.74 Å². The first-order chi connectivity index (χ1) is 8.81. The molecule has 0 amide bonds. The first kappa shape index (κ1) is 11.3. The van der Waals surface area contributed by atoms with Gasteiger partial charge in [0.2, 0.25) is 5.78 Å². The number of para-hydroxylation sites is 1. The largest absolute Gasteiger partial charge is 0.492 e. The number of benzene rings is 1. The number of carbonyl (C=O) groups excluding carboxylic acids is 1. The fourth-order valence-corrected chi connectivity index (χ4v) is 2.83. The van der Waals surface area contributed by atoms with E-state index in [9.17, 15) is 4.79 Å². The molecule has 0 radical (unpaired) electrons. The van der Waals surface area contributed by atoms with Gasteiger partial charge < -0.3 is 4.74 Å². The van der Waals surface area contributed by atoms with Crippen molar-refractivity contribution in [1.29, 1.82) is 0 Å². The molecule has 0 aliphatic carbocycles. The summed E-state index contributed by atoms with van der Waals surface area (Å²) in [6.45, 7) is 2.63. The summed E-state index contributed by atoms with van der Waals surface area (Å²) < 4.78 is 9.43. The average molecular weight is 260 g/mol. The fourth-order valence-electron chi connectivity index (χ4n) is 2.13. The minimum absolute atomic E-state index is 0.0272. The molecule has 2 aromatic rings. The molecule has 1 aliphatic heterocycles. The second kappa shape index (κ2) is 4.49. The molecule has 0 unspecified atom stereocenters. The zero-order valence-electron chi connectivity index (χ0n) is 9.97. The first-order valence-corrected chi connectivity index (χ1v) is 6.69. The summed E-state index contributed by atoms with van der Waals surface area (Å²) in [5, 5.41) is 3.98. The van der Waals surface area contributed by atoms with E-state index in [1.165, 1.54) is 0 Å². The molecule has 1 aliphatic rings. The lowest BCUT2D eigenvalue weighted by molar-refractivity contribution is 0.103. The highest BCUT2D eigenvalue weighted by Gasteiger charge is 2.24. The Balaban J connectivity index is 2.06. The van der Waals surface area contributed by atoms with Gasteiger partial charge in [0.05, 0.1) is 17.9 Å². The molecule has 1 aromatic carbocycles. The van der Waals surface area contributed by atoms with Gasteiger partial charge >= 0.3 is 0 Å². The van der Waals surface area contributed by atoms with E-state index in [-0.39, 0.29) is 5.78 Å². The van der Waals surface area contributed by atoms with Crippen molar-refractivity contribution >= 4 is 17.3 Å². The lowest BCUT2D eigenvalue weighted by Crippen LogP contribution is -2.04. The first-order valence-electron chi connectivity index (χ1n) is 5.92. The Morgan fingerprint density at radius 1 is 1.50 bits per heavy atom. The Hall–Kier alpha value is -1.75. The predicted molar refractivity (Wildman–Crippen MR) is 68.4 cm³/mol. The van der Waals surface area contributed by atoms with Crippen LogP contribution < -0.4 is 4.74 Å². The normalized spacial score (nSPS) is 13.2. The summed E-state index contributed by atoms with van der Waals surface area (Å²) in [4.78, 5) is 13.1. The fraction of sp³-hybridized carbons (Fsp3) is 0.308. The van der Waals surface area contributed by atoms with Crippen LogP contribution in [0.15, 0.2) is 18.2 Å². The SMILES string of the molecule is CCc1nnsc1C(=O)c1cccc2c1OCC2. The van der Waals surface area contributed by atoms with Gasteiger partial charge in [-0.05, 0) is 29.6 Å². The van der Waals surface area contributed by atoms with Gasteiger partial charge in [-0.3, -0.25) is 4.79 Å². The molecular weight excluding hydrogens is 248 g/mol. The molecule has 92 valence electrons. The van der Waals surface area contributed by atoms with Crippen LogP contribution in [0.1, 0.15) is 33.4 Å². The molecule has 0 saturated heterocycles. The van der Waals surface area contributed by atoms with E-state index in [2.05, 4.69) is 9.59 Å². The number of carbonyl (C=O) groups is 1. The van der Waals surface area contributed by atoms with Crippen molar-refractivity contribution in [3.63, 3.8) is 0 Å². The molecule has 2 heterocycles. The van der Waals surface area contributed by atoms with Crippen LogP contribution in [0, 0.1) is 0 Å². The van der Waals surface area contributed by atoms with Crippen molar-refractivity contribution in [2.24, 2.45) is 0 Å². The standard InChI is InChI=1S/C13H12N2O2S/c1-2-10-13(18-15-14-10)11(16)9-5-3-4-8-6-7-17-12(8)9/h3-5H,2,6-7H2,1H3. The number of hydrogen-bond donors (Lipinski definition) is 0. The van der Waals surface area contributed by atoms with Crippen LogP contribution in [0.5, 0.6) is 5.75 Å². The second-order valence-corrected chi connectivity index (χ2v) is 4.88. The molecule has 0 N–H and O–H groups in total. The summed E-state index contributed by atoms with van der Waals surface area (Å²) in [5.41, 5.74) is 2.50. The molecule has 5 heteroatoms. The Morgan fingerprint density at radius 2 is 2.39 bits per heavy atom. The van der Waals surface area contributed by atoms with Crippen LogP contribution in [-0.2, 0) is 12.8 Å². The van der Waals surface area contributed by atoms with Crippen molar-refractivity contribution in [2.45, 2.75) is 19.8 Å². The van der Waals surface area contributed by atoms with Gasteiger partial charge in [0.15, 0.2) is 0 Å². The average Bonchev–Trinajstić information content (AvgIpc) is 3.05. The highest BCUT2D eigenvalue weighted by molar-refractivity contribution is 7.08. The molecule has 4 nitrogen and oxygen atoms in total. The predicted octanol–water partition coefficient (Wildman–Crippen LogP) is 2.27.